The second-order valence-corrected chi connectivity index (χ2v) is 4.93. The molecule has 0 unspecified atom stereocenters. The van der Waals surface area contributed by atoms with Crippen molar-refractivity contribution in [3.63, 3.8) is 0 Å². The predicted octanol–water partition coefficient (Wildman–Crippen LogP) is 2.65. The van der Waals surface area contributed by atoms with Crippen LogP contribution in [0, 0.1) is 0 Å². The Kier molecular flexibility index (Phi) is 3.72. The number of nitrogens with zero attached hydrogens (tertiary/aromatic N) is 4. The van der Waals surface area contributed by atoms with Gasteiger partial charge in [-0.25, -0.2) is 4.68 Å². The van der Waals surface area contributed by atoms with E-state index >= 15 is 0 Å². The van der Waals surface area contributed by atoms with Crippen LogP contribution in [-0.4, -0.2) is 19.9 Å². The lowest BCUT2D eigenvalue weighted by molar-refractivity contribution is 0.363. The molecule has 3 rings (SSSR count). The molecule has 106 valence electrons. The van der Waals surface area contributed by atoms with E-state index in [-0.39, 0.29) is 22.5 Å². The fraction of sp³-hybridized carbons (Fsp3) is 0.0769. The van der Waals surface area contributed by atoms with Crippen LogP contribution < -0.4 is 5.56 Å². The van der Waals surface area contributed by atoms with Gasteiger partial charge in [-0.15, -0.1) is 0 Å². The Morgan fingerprint density at radius 2 is 1.95 bits per heavy atom. The summed E-state index contributed by atoms with van der Waals surface area (Å²) in [5.41, 5.74) is 0.311. The topological polar surface area (TPSA) is 73.8 Å². The Bertz CT molecular complexity index is 830. The van der Waals surface area contributed by atoms with Crippen molar-refractivity contribution in [1.29, 1.82) is 0 Å². The van der Waals surface area contributed by atoms with Gasteiger partial charge in [0, 0.05) is 5.56 Å². The van der Waals surface area contributed by atoms with E-state index in [1.54, 1.807) is 0 Å². The van der Waals surface area contributed by atoms with Crippen LogP contribution in [0.1, 0.15) is 5.89 Å². The standard InChI is InChI=1S/C13H8Cl2N4O2/c14-9-6-16-19(13(20)11(9)15)7-10-17-12(18-21-10)8-4-2-1-3-5-8/h1-6H,7H2. The zero-order chi connectivity index (χ0) is 14.8. The van der Waals surface area contributed by atoms with Gasteiger partial charge in [0.2, 0.25) is 11.7 Å². The van der Waals surface area contributed by atoms with Gasteiger partial charge in [0.15, 0.2) is 0 Å². The molecule has 0 aliphatic carbocycles. The molecule has 0 N–H and O–H groups in total. The quantitative estimate of drug-likeness (QED) is 0.741. The van der Waals surface area contributed by atoms with Gasteiger partial charge in [-0.2, -0.15) is 10.1 Å². The van der Waals surface area contributed by atoms with E-state index in [4.69, 9.17) is 27.7 Å². The molecular formula is C13H8Cl2N4O2. The van der Waals surface area contributed by atoms with E-state index < -0.39 is 5.56 Å². The van der Waals surface area contributed by atoms with Crippen LogP contribution in [0.15, 0.2) is 45.8 Å². The van der Waals surface area contributed by atoms with E-state index in [0.29, 0.717) is 5.82 Å². The molecular weight excluding hydrogens is 315 g/mol. The molecule has 0 atom stereocenters. The Hall–Kier alpha value is -2.18. The number of hydrogen-bond acceptors (Lipinski definition) is 5. The van der Waals surface area contributed by atoms with Gasteiger partial charge in [-0.3, -0.25) is 4.79 Å². The van der Waals surface area contributed by atoms with Gasteiger partial charge in [-0.1, -0.05) is 58.7 Å². The maximum absolute atomic E-state index is 11.9. The second-order valence-electron chi connectivity index (χ2n) is 4.15. The lowest BCUT2D eigenvalue weighted by atomic mass is 10.2. The molecule has 0 saturated carbocycles. The zero-order valence-electron chi connectivity index (χ0n) is 10.5. The molecule has 3 aromatic rings. The van der Waals surface area contributed by atoms with E-state index in [2.05, 4.69) is 15.2 Å². The van der Waals surface area contributed by atoms with Crippen molar-refractivity contribution in [2.75, 3.05) is 0 Å². The Balaban J connectivity index is 1.89. The fourth-order valence-corrected chi connectivity index (χ4v) is 1.98. The minimum absolute atomic E-state index is 0.0234. The molecule has 0 spiro atoms. The fourth-order valence-electron chi connectivity index (χ4n) is 1.71. The summed E-state index contributed by atoms with van der Waals surface area (Å²) in [6.07, 6.45) is 1.29. The first-order valence-electron chi connectivity index (χ1n) is 5.94. The first kappa shape index (κ1) is 13.8. The first-order chi connectivity index (χ1) is 10.1. The summed E-state index contributed by atoms with van der Waals surface area (Å²) in [5.74, 6) is 0.695. The third kappa shape index (κ3) is 2.81. The normalized spacial score (nSPS) is 10.8. The molecule has 1 aromatic carbocycles. The number of aromatic nitrogens is 4. The number of hydrogen-bond donors (Lipinski definition) is 0. The lowest BCUT2D eigenvalue weighted by Crippen LogP contribution is -2.23. The van der Waals surface area contributed by atoms with Crippen molar-refractivity contribution in [2.24, 2.45) is 0 Å². The summed E-state index contributed by atoms with van der Waals surface area (Å²) in [5, 5.41) is 7.76. The van der Waals surface area contributed by atoms with E-state index in [1.165, 1.54) is 6.20 Å². The first-order valence-corrected chi connectivity index (χ1v) is 6.70. The van der Waals surface area contributed by atoms with Gasteiger partial charge in [0.25, 0.3) is 5.56 Å². The molecule has 0 bridgehead atoms. The smallest absolute Gasteiger partial charge is 0.287 e. The van der Waals surface area contributed by atoms with Crippen molar-refractivity contribution in [1.82, 2.24) is 19.9 Å². The lowest BCUT2D eigenvalue weighted by Gasteiger charge is -2.01. The molecule has 6 nitrogen and oxygen atoms in total. The summed E-state index contributed by atoms with van der Waals surface area (Å²) in [6.45, 7) is 0.0234. The number of rotatable bonds is 3. The van der Waals surface area contributed by atoms with Gasteiger partial charge in [-0.05, 0) is 0 Å². The Morgan fingerprint density at radius 3 is 2.71 bits per heavy atom. The van der Waals surface area contributed by atoms with Crippen LogP contribution in [-0.2, 0) is 6.54 Å². The highest BCUT2D eigenvalue weighted by molar-refractivity contribution is 6.41. The zero-order valence-corrected chi connectivity index (χ0v) is 12.0. The van der Waals surface area contributed by atoms with Crippen molar-refractivity contribution in [3.05, 3.63) is 62.8 Å². The van der Waals surface area contributed by atoms with Crippen LogP contribution in [0.3, 0.4) is 0 Å². The van der Waals surface area contributed by atoms with Crippen molar-refractivity contribution < 1.29 is 4.52 Å². The maximum atomic E-state index is 11.9. The molecule has 0 fully saturated rings. The number of benzene rings is 1. The van der Waals surface area contributed by atoms with Crippen molar-refractivity contribution in [2.45, 2.75) is 6.54 Å². The van der Waals surface area contributed by atoms with E-state index in [9.17, 15) is 4.79 Å². The second kappa shape index (κ2) is 5.67. The molecule has 8 heteroatoms. The molecule has 2 aromatic heterocycles. The summed E-state index contributed by atoms with van der Waals surface area (Å²) in [4.78, 5) is 16.1. The third-order valence-corrected chi connectivity index (χ3v) is 3.48. The monoisotopic (exact) mass is 322 g/mol. The SMILES string of the molecule is O=c1c(Cl)c(Cl)cnn1Cc1nc(-c2ccccc2)no1. The Labute approximate surface area is 128 Å². The van der Waals surface area contributed by atoms with Gasteiger partial charge in [0.1, 0.15) is 11.6 Å². The minimum atomic E-state index is -0.511. The van der Waals surface area contributed by atoms with Crippen molar-refractivity contribution >= 4 is 23.2 Å². The number of halogens is 2. The highest BCUT2D eigenvalue weighted by Gasteiger charge is 2.12. The molecule has 21 heavy (non-hydrogen) atoms. The van der Waals surface area contributed by atoms with Crippen LogP contribution in [0.2, 0.25) is 10.0 Å². The molecule has 0 aliphatic heterocycles. The van der Waals surface area contributed by atoms with Crippen LogP contribution in [0.5, 0.6) is 0 Å². The highest BCUT2D eigenvalue weighted by Crippen LogP contribution is 2.16. The molecule has 0 radical (unpaired) electrons. The van der Waals surface area contributed by atoms with Crippen LogP contribution in [0.4, 0.5) is 0 Å². The summed E-state index contributed by atoms with van der Waals surface area (Å²) >= 11 is 11.5. The van der Waals surface area contributed by atoms with Gasteiger partial charge < -0.3 is 4.52 Å². The molecule has 2 heterocycles. The van der Waals surface area contributed by atoms with Crippen molar-refractivity contribution in [3.8, 4) is 11.4 Å². The summed E-state index contributed by atoms with van der Waals surface area (Å²) in [6, 6.07) is 9.35. The summed E-state index contributed by atoms with van der Waals surface area (Å²) < 4.78 is 6.22. The largest absolute Gasteiger partial charge is 0.337 e. The van der Waals surface area contributed by atoms with E-state index in [1.807, 2.05) is 30.3 Å². The Morgan fingerprint density at radius 1 is 1.19 bits per heavy atom. The van der Waals surface area contributed by atoms with Crippen LogP contribution in [0.25, 0.3) is 11.4 Å². The molecule has 0 aliphatic rings. The predicted molar refractivity (Wildman–Crippen MR) is 77.4 cm³/mol. The van der Waals surface area contributed by atoms with E-state index in [0.717, 1.165) is 10.2 Å². The molecule has 0 amide bonds. The highest BCUT2D eigenvalue weighted by atomic mass is 35.5. The van der Waals surface area contributed by atoms with Gasteiger partial charge in [0.05, 0.1) is 11.2 Å². The summed E-state index contributed by atoms with van der Waals surface area (Å²) in [7, 11) is 0. The maximum Gasteiger partial charge on any atom is 0.287 e. The minimum Gasteiger partial charge on any atom is -0.337 e. The van der Waals surface area contributed by atoms with Crippen LogP contribution >= 0.6 is 23.2 Å². The third-order valence-electron chi connectivity index (χ3n) is 2.73. The average molecular weight is 323 g/mol. The van der Waals surface area contributed by atoms with Gasteiger partial charge >= 0.3 is 0 Å². The average Bonchev–Trinajstić information content (AvgIpc) is 2.97. The molecule has 0 saturated heterocycles.